The first-order chi connectivity index (χ1) is 4.34. The highest BCUT2D eigenvalue weighted by Crippen LogP contribution is 1.92. The number of aliphatic imine (C=N–C) groups is 1. The number of hydrogen-bond acceptors (Lipinski definition) is 5. The van der Waals surface area contributed by atoms with Crippen LogP contribution in [0.1, 0.15) is 0 Å². The van der Waals surface area contributed by atoms with E-state index < -0.39 is 0 Å². The molecule has 0 saturated carbocycles. The molecule has 0 unspecified atom stereocenters. The molecule has 3 N–H and O–H groups in total. The minimum Gasteiger partial charge on any atom is -0.339 e. The highest BCUT2D eigenvalue weighted by atomic mass is 16.5. The lowest BCUT2D eigenvalue weighted by Gasteiger charge is -2.23. The lowest BCUT2D eigenvalue weighted by atomic mass is 10.7. The molecule has 9 heavy (non-hydrogen) atoms. The summed E-state index contributed by atoms with van der Waals surface area (Å²) in [7, 11) is 1.85. The second-order valence-electron chi connectivity index (χ2n) is 1.79. The van der Waals surface area contributed by atoms with Crippen LogP contribution in [0.5, 0.6) is 0 Å². The van der Waals surface area contributed by atoms with E-state index in [1.165, 1.54) is 0 Å². The van der Waals surface area contributed by atoms with Crippen LogP contribution in [-0.2, 0) is 4.74 Å². The lowest BCUT2D eigenvalue weighted by molar-refractivity contribution is 0.0627. The van der Waals surface area contributed by atoms with Gasteiger partial charge in [0.2, 0.25) is 5.96 Å². The predicted octanol–water partition coefficient (Wildman–Crippen LogP) is -1.32. The maximum Gasteiger partial charge on any atom is 0.212 e. The van der Waals surface area contributed by atoms with Crippen molar-refractivity contribution < 1.29 is 4.74 Å². The lowest BCUT2D eigenvalue weighted by Crippen LogP contribution is -2.46. The van der Waals surface area contributed by atoms with Gasteiger partial charge in [-0.1, -0.05) is 0 Å². The van der Waals surface area contributed by atoms with Crippen molar-refractivity contribution in [1.82, 2.24) is 10.3 Å². The molecular weight excluding hydrogens is 120 g/mol. The monoisotopic (exact) mass is 130 g/mol. The summed E-state index contributed by atoms with van der Waals surface area (Å²) in [4.78, 5) is 5.69. The van der Waals surface area contributed by atoms with Crippen molar-refractivity contribution in [3.8, 4) is 0 Å². The van der Waals surface area contributed by atoms with Gasteiger partial charge in [0.1, 0.15) is 13.5 Å². The molecule has 1 aliphatic heterocycles. The van der Waals surface area contributed by atoms with E-state index in [0.717, 1.165) is 0 Å². The van der Waals surface area contributed by atoms with Crippen LogP contribution < -0.4 is 11.3 Å². The Labute approximate surface area is 53.5 Å². The van der Waals surface area contributed by atoms with Gasteiger partial charge in [-0.15, -0.1) is 0 Å². The van der Waals surface area contributed by atoms with Crippen LogP contribution in [0.4, 0.5) is 0 Å². The van der Waals surface area contributed by atoms with Crippen molar-refractivity contribution in [3.05, 3.63) is 0 Å². The molecule has 0 atom stereocenters. The molecule has 0 amide bonds. The van der Waals surface area contributed by atoms with Gasteiger partial charge in [-0.05, 0) is 0 Å². The van der Waals surface area contributed by atoms with Crippen LogP contribution in [0.2, 0.25) is 0 Å². The van der Waals surface area contributed by atoms with Gasteiger partial charge in [-0.2, -0.15) is 0 Å². The molecule has 1 heterocycles. The van der Waals surface area contributed by atoms with Crippen LogP contribution in [0.15, 0.2) is 4.99 Å². The highest BCUT2D eigenvalue weighted by molar-refractivity contribution is 5.79. The van der Waals surface area contributed by atoms with E-state index in [0.29, 0.717) is 19.4 Å². The van der Waals surface area contributed by atoms with E-state index >= 15 is 0 Å². The zero-order valence-electron chi connectivity index (χ0n) is 5.29. The van der Waals surface area contributed by atoms with Crippen LogP contribution in [0.3, 0.4) is 0 Å². The van der Waals surface area contributed by atoms with E-state index in [1.807, 2.05) is 7.05 Å². The summed E-state index contributed by atoms with van der Waals surface area (Å²) in [5.41, 5.74) is 2.45. The Hall–Kier alpha value is -0.810. The van der Waals surface area contributed by atoms with Gasteiger partial charge < -0.3 is 9.64 Å². The topological polar surface area (TPSA) is 62.9 Å². The van der Waals surface area contributed by atoms with Gasteiger partial charge in [0.25, 0.3) is 0 Å². The van der Waals surface area contributed by atoms with Crippen molar-refractivity contribution in [2.24, 2.45) is 10.8 Å². The molecule has 0 aromatic heterocycles. The number of ether oxygens (including phenoxy) is 1. The second-order valence-corrected chi connectivity index (χ2v) is 1.79. The standard InChI is InChI=1S/C4H10N4O/c1-8-3-9-2-6-4(8)7-5/h2-3,5H2,1H3,(H,6,7). The van der Waals surface area contributed by atoms with Gasteiger partial charge in [0.15, 0.2) is 0 Å². The first-order valence-corrected chi connectivity index (χ1v) is 2.64. The number of nitrogens with two attached hydrogens (primary N) is 1. The zero-order chi connectivity index (χ0) is 6.69. The predicted molar refractivity (Wildman–Crippen MR) is 33.3 cm³/mol. The summed E-state index contributed by atoms with van der Waals surface area (Å²) in [6.45, 7) is 0.937. The molecule has 0 aromatic rings. The summed E-state index contributed by atoms with van der Waals surface area (Å²) in [5.74, 6) is 5.78. The average Bonchev–Trinajstić information content (AvgIpc) is 1.89. The van der Waals surface area contributed by atoms with Crippen molar-refractivity contribution in [2.45, 2.75) is 0 Å². The third kappa shape index (κ3) is 1.30. The van der Waals surface area contributed by atoms with E-state index in [4.69, 9.17) is 10.6 Å². The van der Waals surface area contributed by atoms with Crippen LogP contribution in [0.25, 0.3) is 0 Å². The Kier molecular flexibility index (Phi) is 1.86. The fraction of sp³-hybridized carbons (Fsp3) is 0.750. The summed E-state index contributed by atoms with van der Waals surface area (Å²) in [6, 6.07) is 0. The molecule has 0 fully saturated rings. The van der Waals surface area contributed by atoms with Gasteiger partial charge in [0.05, 0.1) is 0 Å². The van der Waals surface area contributed by atoms with E-state index in [-0.39, 0.29) is 0 Å². The van der Waals surface area contributed by atoms with E-state index in [2.05, 4.69) is 10.4 Å². The number of hydrazine groups is 1. The quantitative estimate of drug-likeness (QED) is 0.315. The number of guanidine groups is 1. The molecule has 0 aromatic carbocycles. The minimum atomic E-state index is 0.393. The molecule has 52 valence electrons. The van der Waals surface area contributed by atoms with Crippen molar-refractivity contribution in [3.63, 3.8) is 0 Å². The molecule has 1 aliphatic rings. The van der Waals surface area contributed by atoms with Crippen molar-refractivity contribution in [1.29, 1.82) is 0 Å². The smallest absolute Gasteiger partial charge is 0.212 e. The number of hydrogen-bond donors (Lipinski definition) is 2. The molecule has 0 radical (unpaired) electrons. The Morgan fingerprint density at radius 3 is 3.11 bits per heavy atom. The van der Waals surface area contributed by atoms with E-state index in [1.54, 1.807) is 4.90 Å². The summed E-state index contributed by atoms with van der Waals surface area (Å²) < 4.78 is 4.96. The first kappa shape index (κ1) is 6.31. The normalized spacial score (nSPS) is 19.3. The molecule has 5 heteroatoms. The first-order valence-electron chi connectivity index (χ1n) is 2.64. The maximum absolute atomic E-state index is 5.12. The fourth-order valence-electron chi connectivity index (χ4n) is 0.622. The average molecular weight is 130 g/mol. The molecule has 0 bridgehead atoms. The Morgan fingerprint density at radius 2 is 2.67 bits per heavy atom. The molecule has 0 aliphatic carbocycles. The SMILES string of the molecule is CN1COCN=C1NN. The largest absolute Gasteiger partial charge is 0.339 e. The van der Waals surface area contributed by atoms with Crippen LogP contribution >= 0.6 is 0 Å². The third-order valence-corrected chi connectivity index (χ3v) is 1.08. The number of rotatable bonds is 0. The van der Waals surface area contributed by atoms with E-state index in [9.17, 15) is 0 Å². The minimum absolute atomic E-state index is 0.393. The van der Waals surface area contributed by atoms with Crippen molar-refractivity contribution >= 4 is 5.96 Å². The van der Waals surface area contributed by atoms with Gasteiger partial charge >= 0.3 is 0 Å². The second kappa shape index (κ2) is 2.65. The Bertz CT molecular complexity index is 124. The summed E-state index contributed by atoms with van der Waals surface area (Å²) in [6.07, 6.45) is 0. The fourth-order valence-corrected chi connectivity index (χ4v) is 0.622. The Balaban J connectivity index is 2.53. The van der Waals surface area contributed by atoms with Crippen LogP contribution in [-0.4, -0.2) is 31.4 Å². The summed E-state index contributed by atoms with van der Waals surface area (Å²) >= 11 is 0. The van der Waals surface area contributed by atoms with Gasteiger partial charge in [-0.25, -0.2) is 10.8 Å². The zero-order valence-corrected chi connectivity index (χ0v) is 5.29. The van der Waals surface area contributed by atoms with Gasteiger partial charge in [0, 0.05) is 7.05 Å². The number of nitrogens with zero attached hydrogens (tertiary/aromatic N) is 2. The highest BCUT2D eigenvalue weighted by Gasteiger charge is 2.07. The van der Waals surface area contributed by atoms with Crippen molar-refractivity contribution in [2.75, 3.05) is 20.5 Å². The Morgan fingerprint density at radius 1 is 1.89 bits per heavy atom. The molecule has 1 rings (SSSR count). The molecule has 0 spiro atoms. The summed E-state index contributed by atoms with van der Waals surface area (Å²) in [5, 5.41) is 0. The molecule has 5 nitrogen and oxygen atoms in total. The molecule has 0 saturated heterocycles. The third-order valence-electron chi connectivity index (χ3n) is 1.08. The molecular formula is C4H10N4O. The number of nitrogens with one attached hydrogen (secondary N) is 1. The van der Waals surface area contributed by atoms with Crippen LogP contribution in [0, 0.1) is 0 Å². The van der Waals surface area contributed by atoms with Gasteiger partial charge in [-0.3, -0.25) is 5.43 Å². The maximum atomic E-state index is 5.12.